The number of carbonyl (C=O) groups is 1. The quantitative estimate of drug-likeness (QED) is 0.452. The molecule has 0 radical (unpaired) electrons. The monoisotopic (exact) mass is 417 g/mol. The van der Waals surface area contributed by atoms with Gasteiger partial charge in [-0.25, -0.2) is 14.4 Å². The Labute approximate surface area is 171 Å². The third-order valence-corrected chi connectivity index (χ3v) is 4.88. The van der Waals surface area contributed by atoms with Crippen molar-refractivity contribution < 1.29 is 13.9 Å². The van der Waals surface area contributed by atoms with E-state index in [2.05, 4.69) is 15.3 Å². The lowest BCUT2D eigenvalue weighted by atomic mass is 10.2. The summed E-state index contributed by atoms with van der Waals surface area (Å²) in [5.74, 6) is 0.478. The van der Waals surface area contributed by atoms with Crippen LogP contribution in [0.15, 0.2) is 53.6 Å². The zero-order chi connectivity index (χ0) is 20.1. The standard InChI is InChI=1S/C20H17ClFN3O2S/c1-12-9-19(25-20(23-12)13-3-6-15(27-2)7-4-13)28-11-18(26)24-17-8-5-14(21)10-16(17)22/h3-10H,11H2,1-2H3,(H,24,26). The van der Waals surface area contributed by atoms with Crippen molar-refractivity contribution in [3.8, 4) is 17.1 Å². The number of nitrogens with one attached hydrogen (secondary N) is 1. The van der Waals surface area contributed by atoms with Crippen molar-refractivity contribution in [2.24, 2.45) is 0 Å². The van der Waals surface area contributed by atoms with Gasteiger partial charge in [-0.15, -0.1) is 0 Å². The summed E-state index contributed by atoms with van der Waals surface area (Å²) in [5, 5.41) is 3.46. The van der Waals surface area contributed by atoms with Gasteiger partial charge in [-0.05, 0) is 55.5 Å². The highest BCUT2D eigenvalue weighted by Crippen LogP contribution is 2.24. The Morgan fingerprint density at radius 3 is 2.61 bits per heavy atom. The van der Waals surface area contributed by atoms with E-state index < -0.39 is 5.82 Å². The Bertz CT molecular complexity index is 999. The van der Waals surface area contributed by atoms with Crippen LogP contribution in [0.25, 0.3) is 11.4 Å². The maximum Gasteiger partial charge on any atom is 0.234 e. The van der Waals surface area contributed by atoms with Crippen molar-refractivity contribution >= 4 is 35.0 Å². The second-order valence-electron chi connectivity index (χ2n) is 5.86. The summed E-state index contributed by atoms with van der Waals surface area (Å²) in [6.07, 6.45) is 0. The van der Waals surface area contributed by atoms with Gasteiger partial charge in [0.25, 0.3) is 0 Å². The van der Waals surface area contributed by atoms with Crippen molar-refractivity contribution in [1.29, 1.82) is 0 Å². The molecule has 1 aromatic heterocycles. The van der Waals surface area contributed by atoms with Crippen LogP contribution in [0.4, 0.5) is 10.1 Å². The smallest absolute Gasteiger partial charge is 0.234 e. The van der Waals surface area contributed by atoms with Crippen molar-refractivity contribution in [2.75, 3.05) is 18.2 Å². The summed E-state index contributed by atoms with van der Waals surface area (Å²) >= 11 is 6.96. The van der Waals surface area contributed by atoms with E-state index in [4.69, 9.17) is 16.3 Å². The molecule has 0 saturated heterocycles. The minimum atomic E-state index is -0.578. The Balaban J connectivity index is 1.68. The third kappa shape index (κ3) is 5.21. The first-order valence-corrected chi connectivity index (χ1v) is 9.69. The highest BCUT2D eigenvalue weighted by Gasteiger charge is 2.11. The number of aromatic nitrogens is 2. The number of thioether (sulfide) groups is 1. The largest absolute Gasteiger partial charge is 0.497 e. The molecule has 3 rings (SSSR count). The molecule has 8 heteroatoms. The molecule has 0 atom stereocenters. The highest BCUT2D eigenvalue weighted by molar-refractivity contribution is 7.99. The predicted octanol–water partition coefficient (Wildman–Crippen LogP) is 4.98. The minimum Gasteiger partial charge on any atom is -0.497 e. The van der Waals surface area contributed by atoms with E-state index in [-0.39, 0.29) is 22.4 Å². The lowest BCUT2D eigenvalue weighted by Gasteiger charge is -2.08. The summed E-state index contributed by atoms with van der Waals surface area (Å²) in [5.41, 5.74) is 1.72. The van der Waals surface area contributed by atoms with Gasteiger partial charge >= 0.3 is 0 Å². The van der Waals surface area contributed by atoms with Gasteiger partial charge in [-0.2, -0.15) is 0 Å². The number of hydrogen-bond acceptors (Lipinski definition) is 5. The number of rotatable bonds is 6. The van der Waals surface area contributed by atoms with Gasteiger partial charge in [0.15, 0.2) is 5.82 Å². The molecule has 0 aliphatic heterocycles. The van der Waals surface area contributed by atoms with Crippen LogP contribution in [-0.2, 0) is 4.79 Å². The molecule has 0 bridgehead atoms. The molecule has 28 heavy (non-hydrogen) atoms. The van der Waals surface area contributed by atoms with Gasteiger partial charge in [-0.3, -0.25) is 4.79 Å². The highest BCUT2D eigenvalue weighted by atomic mass is 35.5. The molecule has 0 aliphatic carbocycles. The van der Waals surface area contributed by atoms with Crippen molar-refractivity contribution in [2.45, 2.75) is 11.9 Å². The van der Waals surface area contributed by atoms with Crippen molar-refractivity contribution in [3.63, 3.8) is 0 Å². The summed E-state index contributed by atoms with van der Waals surface area (Å²) in [7, 11) is 1.61. The minimum absolute atomic E-state index is 0.0839. The molecule has 0 saturated carbocycles. The summed E-state index contributed by atoms with van der Waals surface area (Å²) < 4.78 is 18.9. The maximum absolute atomic E-state index is 13.8. The van der Waals surface area contributed by atoms with Crippen LogP contribution in [-0.4, -0.2) is 28.7 Å². The van der Waals surface area contributed by atoms with E-state index in [1.165, 1.54) is 23.9 Å². The van der Waals surface area contributed by atoms with Crippen LogP contribution >= 0.6 is 23.4 Å². The molecular formula is C20H17ClFN3O2S. The zero-order valence-electron chi connectivity index (χ0n) is 15.2. The SMILES string of the molecule is COc1ccc(-c2nc(C)cc(SCC(=O)Nc3ccc(Cl)cc3F)n2)cc1. The molecular weight excluding hydrogens is 401 g/mol. The number of nitrogens with zero attached hydrogens (tertiary/aromatic N) is 2. The van der Waals surface area contributed by atoms with Crippen LogP contribution < -0.4 is 10.1 Å². The van der Waals surface area contributed by atoms with Gasteiger partial charge in [0, 0.05) is 16.3 Å². The van der Waals surface area contributed by atoms with E-state index in [1.54, 1.807) is 13.2 Å². The van der Waals surface area contributed by atoms with E-state index in [0.29, 0.717) is 10.9 Å². The molecule has 1 heterocycles. The van der Waals surface area contributed by atoms with Crippen LogP contribution in [0.3, 0.4) is 0 Å². The lowest BCUT2D eigenvalue weighted by molar-refractivity contribution is -0.113. The van der Waals surface area contributed by atoms with Crippen molar-refractivity contribution in [3.05, 3.63) is 65.1 Å². The van der Waals surface area contributed by atoms with E-state index in [9.17, 15) is 9.18 Å². The topological polar surface area (TPSA) is 64.1 Å². The number of anilines is 1. The Morgan fingerprint density at radius 1 is 1.18 bits per heavy atom. The molecule has 0 aliphatic rings. The predicted molar refractivity (Wildman–Crippen MR) is 110 cm³/mol. The number of ether oxygens (including phenoxy) is 1. The number of carbonyl (C=O) groups excluding carboxylic acids is 1. The summed E-state index contributed by atoms with van der Waals surface area (Å²) in [4.78, 5) is 21.1. The second kappa shape index (κ2) is 9.03. The fourth-order valence-corrected chi connectivity index (χ4v) is 3.31. The third-order valence-electron chi connectivity index (χ3n) is 3.74. The summed E-state index contributed by atoms with van der Waals surface area (Å²) in [6.45, 7) is 1.86. The van der Waals surface area contributed by atoms with E-state index in [1.807, 2.05) is 31.2 Å². The first-order chi connectivity index (χ1) is 13.4. The van der Waals surface area contributed by atoms with Crippen LogP contribution in [0.1, 0.15) is 5.69 Å². The maximum atomic E-state index is 13.8. The van der Waals surface area contributed by atoms with Crippen LogP contribution in [0.2, 0.25) is 5.02 Å². The van der Waals surface area contributed by atoms with E-state index in [0.717, 1.165) is 23.1 Å². The van der Waals surface area contributed by atoms with Crippen LogP contribution in [0, 0.1) is 12.7 Å². The fourth-order valence-electron chi connectivity index (χ4n) is 2.40. The molecule has 0 spiro atoms. The van der Waals surface area contributed by atoms with E-state index >= 15 is 0 Å². The average molecular weight is 418 g/mol. The number of aryl methyl sites for hydroxylation is 1. The van der Waals surface area contributed by atoms with Gasteiger partial charge in [0.1, 0.15) is 16.6 Å². The number of benzene rings is 2. The molecule has 0 unspecified atom stereocenters. The second-order valence-corrected chi connectivity index (χ2v) is 7.29. The molecule has 3 aromatic rings. The first-order valence-electron chi connectivity index (χ1n) is 8.32. The molecule has 2 aromatic carbocycles. The lowest BCUT2D eigenvalue weighted by Crippen LogP contribution is -2.15. The molecule has 0 fully saturated rings. The summed E-state index contributed by atoms with van der Waals surface area (Å²) in [6, 6.07) is 13.3. The number of amides is 1. The van der Waals surface area contributed by atoms with Gasteiger partial charge in [0.2, 0.25) is 5.91 Å². The Morgan fingerprint density at radius 2 is 1.93 bits per heavy atom. The first kappa shape index (κ1) is 20.1. The molecule has 1 amide bonds. The van der Waals surface area contributed by atoms with Crippen molar-refractivity contribution in [1.82, 2.24) is 9.97 Å². The molecule has 5 nitrogen and oxygen atoms in total. The number of methoxy groups -OCH3 is 1. The average Bonchev–Trinajstić information content (AvgIpc) is 2.68. The van der Waals surface area contributed by atoms with Gasteiger partial charge < -0.3 is 10.1 Å². The van der Waals surface area contributed by atoms with Gasteiger partial charge in [-0.1, -0.05) is 23.4 Å². The molecule has 1 N–H and O–H groups in total. The Kier molecular flexibility index (Phi) is 6.49. The van der Waals surface area contributed by atoms with Crippen LogP contribution in [0.5, 0.6) is 5.75 Å². The Hall–Kier alpha value is -2.64. The number of halogens is 2. The zero-order valence-corrected chi connectivity index (χ0v) is 16.8. The fraction of sp³-hybridized carbons (Fsp3) is 0.150. The number of hydrogen-bond donors (Lipinski definition) is 1. The van der Waals surface area contributed by atoms with Gasteiger partial charge in [0.05, 0.1) is 18.6 Å². The molecule has 144 valence electrons. The normalized spacial score (nSPS) is 10.6.